The zero-order chi connectivity index (χ0) is 21.5. The molecule has 3 rings (SSSR count). The average molecular weight is 442 g/mol. The van der Waals surface area contributed by atoms with Crippen LogP contribution in [0, 0.1) is 22.7 Å². The highest BCUT2D eigenvalue weighted by Gasteiger charge is 2.23. The Balaban J connectivity index is 1.87. The third-order valence-corrected chi connectivity index (χ3v) is 7.16. The van der Waals surface area contributed by atoms with Gasteiger partial charge in [-0.1, -0.05) is 17.8 Å². The fraction of sp³-hybridized carbons (Fsp3) is 0.476. The molecule has 0 N–H and O–H groups in total. The number of rotatable bonds is 9. The Kier molecular flexibility index (Phi) is 7.67. The van der Waals surface area contributed by atoms with Crippen LogP contribution in [0.1, 0.15) is 36.1 Å². The molecule has 0 saturated heterocycles. The summed E-state index contributed by atoms with van der Waals surface area (Å²) in [6, 6.07) is 4.06. The number of carbonyl (C=O) groups excluding carboxylic acids is 1. The zero-order valence-corrected chi connectivity index (χ0v) is 18.4. The van der Waals surface area contributed by atoms with Gasteiger partial charge in [0.15, 0.2) is 5.16 Å². The summed E-state index contributed by atoms with van der Waals surface area (Å²) in [7, 11) is 0. The minimum absolute atomic E-state index is 0.0694. The Morgan fingerprint density at radius 3 is 2.63 bits per heavy atom. The molecule has 30 heavy (non-hydrogen) atoms. The summed E-state index contributed by atoms with van der Waals surface area (Å²) < 4.78 is 1.59. The molecular weight excluding hydrogens is 418 g/mol. The Labute approximate surface area is 183 Å². The van der Waals surface area contributed by atoms with Gasteiger partial charge in [-0.2, -0.15) is 10.5 Å². The van der Waals surface area contributed by atoms with E-state index in [1.54, 1.807) is 22.0 Å². The monoisotopic (exact) mass is 441 g/mol. The molecule has 2 aromatic heterocycles. The van der Waals surface area contributed by atoms with Gasteiger partial charge in [-0.15, -0.1) is 17.9 Å². The standard InChI is InChI=1S/C21H23N5O2S2/c1-2-11-26-20(28)18-15-7-3-4-8-16(15)30-19(18)24-21(26)29-14-17(27)25(12-5-9-22)13-6-10-23/h2H,1,3-8,11-14H2. The lowest BCUT2D eigenvalue weighted by atomic mass is 9.97. The molecule has 156 valence electrons. The summed E-state index contributed by atoms with van der Waals surface area (Å²) >= 11 is 2.81. The van der Waals surface area contributed by atoms with Gasteiger partial charge < -0.3 is 4.90 Å². The molecule has 7 nitrogen and oxygen atoms in total. The number of fused-ring (bicyclic) bond motifs is 3. The summed E-state index contributed by atoms with van der Waals surface area (Å²) in [5.74, 6) is -0.0766. The van der Waals surface area contributed by atoms with Crippen molar-refractivity contribution in [2.75, 3.05) is 18.8 Å². The molecule has 1 aliphatic carbocycles. The van der Waals surface area contributed by atoms with Crippen LogP contribution in [0.3, 0.4) is 0 Å². The van der Waals surface area contributed by atoms with E-state index in [4.69, 9.17) is 15.5 Å². The highest BCUT2D eigenvalue weighted by molar-refractivity contribution is 7.99. The molecule has 0 aliphatic heterocycles. The molecule has 2 heterocycles. The van der Waals surface area contributed by atoms with Crippen molar-refractivity contribution in [2.24, 2.45) is 0 Å². The van der Waals surface area contributed by atoms with Crippen molar-refractivity contribution in [3.05, 3.63) is 33.4 Å². The van der Waals surface area contributed by atoms with Crippen LogP contribution in [0.25, 0.3) is 10.2 Å². The molecule has 1 aliphatic rings. The van der Waals surface area contributed by atoms with Crippen molar-refractivity contribution in [1.29, 1.82) is 10.5 Å². The minimum Gasteiger partial charge on any atom is -0.340 e. The van der Waals surface area contributed by atoms with Crippen molar-refractivity contribution in [2.45, 2.75) is 50.2 Å². The SMILES string of the molecule is C=CCn1c(SCC(=O)N(CCC#N)CCC#N)nc2sc3c(c2c1=O)CCCC3. The molecule has 9 heteroatoms. The van der Waals surface area contributed by atoms with E-state index in [1.807, 2.05) is 12.1 Å². The molecule has 0 atom stereocenters. The third-order valence-electron chi connectivity index (χ3n) is 5.02. The van der Waals surface area contributed by atoms with Crippen molar-refractivity contribution in [3.8, 4) is 12.1 Å². The van der Waals surface area contributed by atoms with E-state index < -0.39 is 0 Å². The molecule has 0 saturated carbocycles. The quantitative estimate of drug-likeness (QED) is 0.336. The van der Waals surface area contributed by atoms with Gasteiger partial charge in [0.2, 0.25) is 5.91 Å². The number of aryl methyl sites for hydroxylation is 2. The van der Waals surface area contributed by atoms with Crippen LogP contribution in [0.5, 0.6) is 0 Å². The van der Waals surface area contributed by atoms with Crippen molar-refractivity contribution in [1.82, 2.24) is 14.5 Å². The van der Waals surface area contributed by atoms with Crippen LogP contribution in [0.2, 0.25) is 0 Å². The fourth-order valence-corrected chi connectivity index (χ4v) is 5.78. The molecule has 0 radical (unpaired) electrons. The van der Waals surface area contributed by atoms with E-state index in [-0.39, 0.29) is 30.1 Å². The summed E-state index contributed by atoms with van der Waals surface area (Å²) in [5.41, 5.74) is 1.07. The molecule has 0 aromatic carbocycles. The minimum atomic E-state index is -0.171. The van der Waals surface area contributed by atoms with Crippen molar-refractivity contribution in [3.63, 3.8) is 0 Å². The number of hydrogen-bond donors (Lipinski definition) is 0. The third kappa shape index (κ3) is 4.75. The number of nitrogens with zero attached hydrogens (tertiary/aromatic N) is 5. The molecule has 0 spiro atoms. The van der Waals surface area contributed by atoms with Crippen LogP contribution in [0.4, 0.5) is 0 Å². The lowest BCUT2D eigenvalue weighted by Crippen LogP contribution is -2.34. The number of nitriles is 2. The molecule has 0 unspecified atom stereocenters. The van der Waals surface area contributed by atoms with E-state index in [0.29, 0.717) is 24.8 Å². The van der Waals surface area contributed by atoms with Crippen LogP contribution in [0.15, 0.2) is 22.6 Å². The van der Waals surface area contributed by atoms with Gasteiger partial charge in [-0.25, -0.2) is 4.98 Å². The summed E-state index contributed by atoms with van der Waals surface area (Å²) in [5, 5.41) is 18.8. The number of thiophene rings is 1. The highest BCUT2D eigenvalue weighted by atomic mass is 32.2. The number of hydrogen-bond acceptors (Lipinski definition) is 7. The van der Waals surface area contributed by atoms with Gasteiger partial charge in [0.05, 0.1) is 36.1 Å². The highest BCUT2D eigenvalue weighted by Crippen LogP contribution is 2.34. The molecule has 0 bridgehead atoms. The summed E-state index contributed by atoms with van der Waals surface area (Å²) in [6.07, 6.45) is 6.22. The first kappa shape index (κ1) is 22.1. The van der Waals surface area contributed by atoms with Crippen LogP contribution < -0.4 is 5.56 Å². The zero-order valence-electron chi connectivity index (χ0n) is 16.7. The normalized spacial score (nSPS) is 12.7. The van der Waals surface area contributed by atoms with Gasteiger partial charge in [-0.3, -0.25) is 14.2 Å². The van der Waals surface area contributed by atoms with E-state index in [9.17, 15) is 9.59 Å². The van der Waals surface area contributed by atoms with E-state index in [2.05, 4.69) is 6.58 Å². The molecule has 2 aromatic rings. The van der Waals surface area contributed by atoms with E-state index in [1.165, 1.54) is 21.5 Å². The number of carbonyl (C=O) groups is 1. The maximum absolute atomic E-state index is 13.2. The van der Waals surface area contributed by atoms with Gasteiger partial charge >= 0.3 is 0 Å². The van der Waals surface area contributed by atoms with Gasteiger partial charge in [0, 0.05) is 24.5 Å². The Morgan fingerprint density at radius 2 is 1.97 bits per heavy atom. The second kappa shape index (κ2) is 10.4. The molecule has 1 amide bonds. The number of thioether (sulfide) groups is 1. The largest absolute Gasteiger partial charge is 0.340 e. The van der Waals surface area contributed by atoms with E-state index >= 15 is 0 Å². The van der Waals surface area contributed by atoms with Crippen molar-refractivity contribution >= 4 is 39.2 Å². The number of allylic oxidation sites excluding steroid dienone is 1. The van der Waals surface area contributed by atoms with Crippen LogP contribution in [-0.2, 0) is 24.2 Å². The molecular formula is C21H23N5O2S2. The van der Waals surface area contributed by atoms with E-state index in [0.717, 1.165) is 41.5 Å². The predicted octanol–water partition coefficient (Wildman–Crippen LogP) is 3.27. The number of aromatic nitrogens is 2. The van der Waals surface area contributed by atoms with Gasteiger partial charge in [0.25, 0.3) is 5.56 Å². The Hall–Kier alpha value is -2.62. The lowest BCUT2D eigenvalue weighted by Gasteiger charge is -2.20. The Bertz CT molecular complexity index is 1070. The smallest absolute Gasteiger partial charge is 0.263 e. The topological polar surface area (TPSA) is 103 Å². The maximum Gasteiger partial charge on any atom is 0.263 e. The van der Waals surface area contributed by atoms with Gasteiger partial charge in [0.1, 0.15) is 4.83 Å². The molecule has 0 fully saturated rings. The lowest BCUT2D eigenvalue weighted by molar-refractivity contribution is -0.128. The van der Waals surface area contributed by atoms with Crippen LogP contribution >= 0.6 is 23.1 Å². The maximum atomic E-state index is 13.2. The first-order valence-corrected chi connectivity index (χ1v) is 11.7. The first-order valence-electron chi connectivity index (χ1n) is 9.91. The predicted molar refractivity (Wildman–Crippen MR) is 118 cm³/mol. The first-order chi connectivity index (χ1) is 14.6. The summed E-state index contributed by atoms with van der Waals surface area (Å²) in [4.78, 5) is 34.2. The second-order valence-corrected chi connectivity index (χ2v) is 9.00. The Morgan fingerprint density at radius 1 is 1.27 bits per heavy atom. The fourth-order valence-electron chi connectivity index (χ4n) is 3.57. The van der Waals surface area contributed by atoms with Crippen molar-refractivity contribution < 1.29 is 4.79 Å². The van der Waals surface area contributed by atoms with Gasteiger partial charge in [-0.05, 0) is 31.2 Å². The second-order valence-electron chi connectivity index (χ2n) is 6.98. The summed E-state index contributed by atoms with van der Waals surface area (Å²) in [6.45, 7) is 4.67. The van der Waals surface area contributed by atoms with Crippen LogP contribution in [-0.4, -0.2) is 39.2 Å². The number of amides is 1. The average Bonchev–Trinajstić information content (AvgIpc) is 3.13.